The van der Waals surface area contributed by atoms with Crippen LogP contribution in [-0.4, -0.2) is 11.9 Å². The van der Waals surface area contributed by atoms with Crippen LogP contribution >= 0.6 is 23.2 Å². The molecule has 0 radical (unpaired) electrons. The number of benzene rings is 2. The molecule has 0 spiro atoms. The number of aliphatic imine (C=N–C) groups is 1. The lowest BCUT2D eigenvalue weighted by atomic mass is 10.2. The Morgan fingerprint density at radius 1 is 0.962 bits per heavy atom. The van der Waals surface area contributed by atoms with E-state index in [9.17, 15) is 4.79 Å². The van der Waals surface area contributed by atoms with Gasteiger partial charge in [-0.3, -0.25) is 0 Å². The molecule has 4 nitrogen and oxygen atoms in total. The molecule has 0 atom stereocenters. The molecule has 26 heavy (non-hydrogen) atoms. The Balaban J connectivity index is 1.64. The van der Waals surface area contributed by atoms with Gasteiger partial charge in [-0.1, -0.05) is 41.4 Å². The number of halogens is 2. The van der Waals surface area contributed by atoms with Gasteiger partial charge in [0.15, 0.2) is 5.70 Å². The predicted octanol–water partition coefficient (Wildman–Crippen LogP) is 5.60. The Morgan fingerprint density at radius 3 is 2.54 bits per heavy atom. The molecule has 0 amide bonds. The van der Waals surface area contributed by atoms with Crippen LogP contribution in [0.3, 0.4) is 0 Å². The fraction of sp³-hybridized carbons (Fsp3) is 0. The summed E-state index contributed by atoms with van der Waals surface area (Å²) < 4.78 is 11.0. The first-order valence-corrected chi connectivity index (χ1v) is 8.49. The van der Waals surface area contributed by atoms with Gasteiger partial charge in [0.25, 0.3) is 0 Å². The van der Waals surface area contributed by atoms with Gasteiger partial charge in [0.05, 0.1) is 5.02 Å². The molecule has 0 unspecified atom stereocenters. The number of ether oxygens (including phenoxy) is 1. The van der Waals surface area contributed by atoms with E-state index in [2.05, 4.69) is 4.99 Å². The highest BCUT2D eigenvalue weighted by Gasteiger charge is 2.24. The lowest BCUT2D eigenvalue weighted by Gasteiger charge is -2.00. The molecule has 128 valence electrons. The van der Waals surface area contributed by atoms with Gasteiger partial charge in [0.1, 0.15) is 11.5 Å². The SMILES string of the molecule is O=C1OC(c2ccccc2)=N/C1=C\c1ccc(-c2ccc(Cl)cc2Cl)o1. The second-order valence-corrected chi connectivity index (χ2v) is 6.37. The number of rotatable bonds is 3. The van der Waals surface area contributed by atoms with Crippen molar-refractivity contribution in [2.24, 2.45) is 4.99 Å². The molecule has 3 aromatic rings. The van der Waals surface area contributed by atoms with Gasteiger partial charge in [0.2, 0.25) is 5.90 Å². The third-order valence-electron chi connectivity index (χ3n) is 3.74. The Kier molecular flexibility index (Phi) is 4.37. The van der Waals surface area contributed by atoms with Crippen molar-refractivity contribution in [2.45, 2.75) is 0 Å². The van der Waals surface area contributed by atoms with Gasteiger partial charge in [-0.25, -0.2) is 9.79 Å². The molecule has 0 aliphatic carbocycles. The molecule has 0 bridgehead atoms. The van der Waals surface area contributed by atoms with E-state index in [1.807, 2.05) is 30.3 Å². The minimum atomic E-state index is -0.522. The summed E-state index contributed by atoms with van der Waals surface area (Å²) in [6, 6.07) is 17.9. The molecule has 1 aliphatic rings. The predicted molar refractivity (Wildman–Crippen MR) is 101 cm³/mol. The lowest BCUT2D eigenvalue weighted by molar-refractivity contribution is -0.129. The Labute approximate surface area is 159 Å². The number of esters is 1. The first-order valence-electron chi connectivity index (χ1n) is 7.73. The van der Waals surface area contributed by atoms with Crippen LogP contribution in [0.15, 0.2) is 75.8 Å². The van der Waals surface area contributed by atoms with Crippen LogP contribution in [-0.2, 0) is 9.53 Å². The monoisotopic (exact) mass is 383 g/mol. The molecule has 4 rings (SSSR count). The van der Waals surface area contributed by atoms with Crippen molar-refractivity contribution in [2.75, 3.05) is 0 Å². The minimum Gasteiger partial charge on any atom is -0.457 e. The summed E-state index contributed by atoms with van der Waals surface area (Å²) >= 11 is 12.1. The molecule has 0 N–H and O–H groups in total. The van der Waals surface area contributed by atoms with Gasteiger partial charge >= 0.3 is 5.97 Å². The maximum atomic E-state index is 12.0. The van der Waals surface area contributed by atoms with Crippen molar-refractivity contribution in [3.8, 4) is 11.3 Å². The zero-order chi connectivity index (χ0) is 18.1. The van der Waals surface area contributed by atoms with Crippen molar-refractivity contribution in [1.82, 2.24) is 0 Å². The molecule has 1 aromatic heterocycles. The summed E-state index contributed by atoms with van der Waals surface area (Å²) in [4.78, 5) is 16.3. The minimum absolute atomic E-state index is 0.173. The number of cyclic esters (lactones) is 1. The smallest absolute Gasteiger partial charge is 0.363 e. The van der Waals surface area contributed by atoms with Crippen LogP contribution in [0, 0.1) is 0 Å². The Morgan fingerprint density at radius 2 is 1.77 bits per heavy atom. The highest BCUT2D eigenvalue weighted by atomic mass is 35.5. The molecular weight excluding hydrogens is 373 g/mol. The Bertz CT molecular complexity index is 1050. The summed E-state index contributed by atoms with van der Waals surface area (Å²) in [6.07, 6.45) is 1.53. The largest absolute Gasteiger partial charge is 0.457 e. The van der Waals surface area contributed by atoms with Crippen LogP contribution in [0.1, 0.15) is 11.3 Å². The first kappa shape index (κ1) is 16.6. The first-order chi connectivity index (χ1) is 12.6. The third kappa shape index (κ3) is 3.29. The second-order valence-electron chi connectivity index (χ2n) is 5.53. The van der Waals surface area contributed by atoms with E-state index >= 15 is 0 Å². The van der Waals surface area contributed by atoms with Gasteiger partial charge < -0.3 is 9.15 Å². The van der Waals surface area contributed by atoms with Crippen molar-refractivity contribution in [1.29, 1.82) is 0 Å². The number of furan rings is 1. The standard InChI is InChI=1S/C20H11Cl2NO3/c21-13-6-8-15(16(22)10-13)18-9-7-14(25-18)11-17-20(24)26-19(23-17)12-4-2-1-3-5-12/h1-11H/b17-11-. The van der Waals surface area contributed by atoms with Gasteiger partial charge in [0, 0.05) is 22.2 Å². The summed E-state index contributed by atoms with van der Waals surface area (Å²) in [5.41, 5.74) is 1.62. The zero-order valence-corrected chi connectivity index (χ0v) is 14.8. The normalized spacial score (nSPS) is 15.2. The van der Waals surface area contributed by atoms with Crippen LogP contribution in [0.4, 0.5) is 0 Å². The van der Waals surface area contributed by atoms with E-state index in [1.165, 1.54) is 6.08 Å². The fourth-order valence-corrected chi connectivity index (χ4v) is 3.01. The van der Waals surface area contributed by atoms with E-state index in [4.69, 9.17) is 32.4 Å². The maximum Gasteiger partial charge on any atom is 0.363 e. The fourth-order valence-electron chi connectivity index (χ4n) is 2.51. The molecule has 1 aliphatic heterocycles. The van der Waals surface area contributed by atoms with Crippen molar-refractivity contribution in [3.05, 3.63) is 87.7 Å². The molecule has 0 saturated carbocycles. The van der Waals surface area contributed by atoms with Crippen LogP contribution in [0.5, 0.6) is 0 Å². The number of carbonyl (C=O) groups is 1. The van der Waals surface area contributed by atoms with E-state index < -0.39 is 5.97 Å². The van der Waals surface area contributed by atoms with Crippen molar-refractivity contribution >= 4 is 41.1 Å². The quantitative estimate of drug-likeness (QED) is 0.436. The van der Waals surface area contributed by atoms with Crippen LogP contribution < -0.4 is 0 Å². The highest BCUT2D eigenvalue weighted by Crippen LogP contribution is 2.32. The third-order valence-corrected chi connectivity index (χ3v) is 4.29. The molecule has 2 heterocycles. The topological polar surface area (TPSA) is 51.8 Å². The van der Waals surface area contributed by atoms with Crippen molar-refractivity contribution in [3.63, 3.8) is 0 Å². The molecule has 0 fully saturated rings. The average molecular weight is 384 g/mol. The number of hydrogen-bond acceptors (Lipinski definition) is 4. The Hall–Kier alpha value is -2.82. The maximum absolute atomic E-state index is 12.0. The van der Waals surface area contributed by atoms with E-state index in [-0.39, 0.29) is 11.6 Å². The summed E-state index contributed by atoms with van der Waals surface area (Å²) in [5.74, 6) is 0.786. The second kappa shape index (κ2) is 6.83. The molecular formula is C20H11Cl2NO3. The lowest BCUT2D eigenvalue weighted by Crippen LogP contribution is -2.04. The molecule has 6 heteroatoms. The van der Waals surface area contributed by atoms with Crippen LogP contribution in [0.25, 0.3) is 17.4 Å². The van der Waals surface area contributed by atoms with E-state index in [1.54, 1.807) is 30.3 Å². The molecule has 2 aromatic carbocycles. The highest BCUT2D eigenvalue weighted by molar-refractivity contribution is 6.36. The average Bonchev–Trinajstić information content (AvgIpc) is 3.23. The van der Waals surface area contributed by atoms with Crippen molar-refractivity contribution < 1.29 is 13.9 Å². The van der Waals surface area contributed by atoms with Gasteiger partial charge in [-0.15, -0.1) is 0 Å². The summed E-state index contributed by atoms with van der Waals surface area (Å²) in [7, 11) is 0. The van der Waals surface area contributed by atoms with E-state index in [0.717, 1.165) is 5.56 Å². The van der Waals surface area contributed by atoms with E-state index in [0.29, 0.717) is 27.1 Å². The number of hydrogen-bond donors (Lipinski definition) is 0. The van der Waals surface area contributed by atoms with Crippen LogP contribution in [0.2, 0.25) is 10.0 Å². The van der Waals surface area contributed by atoms with Gasteiger partial charge in [-0.05, 0) is 42.5 Å². The number of nitrogens with zero attached hydrogens (tertiary/aromatic N) is 1. The summed E-state index contributed by atoms with van der Waals surface area (Å²) in [6.45, 7) is 0. The zero-order valence-electron chi connectivity index (χ0n) is 13.3. The van der Waals surface area contributed by atoms with Gasteiger partial charge in [-0.2, -0.15) is 0 Å². The summed E-state index contributed by atoms with van der Waals surface area (Å²) in [5, 5.41) is 1.03. The molecule has 0 saturated heterocycles. The number of carbonyl (C=O) groups excluding carboxylic acids is 1.